The first-order chi connectivity index (χ1) is 11.0. The average Bonchev–Trinajstić information content (AvgIpc) is 3.01. The number of nitrogens with zero attached hydrogens (tertiary/aromatic N) is 1. The fourth-order valence-electron chi connectivity index (χ4n) is 4.41. The van der Waals surface area contributed by atoms with Crippen LogP contribution in [0.15, 0.2) is 0 Å². The molecule has 0 saturated heterocycles. The third kappa shape index (κ3) is 4.04. The summed E-state index contributed by atoms with van der Waals surface area (Å²) in [5.41, 5.74) is 0.207. The second-order valence-corrected chi connectivity index (χ2v) is 6.78. The number of carbonyl (C=O) groups is 2. The highest BCUT2D eigenvalue weighted by Gasteiger charge is 2.58. The van der Waals surface area contributed by atoms with Gasteiger partial charge in [0.25, 0.3) is 0 Å². The zero-order valence-corrected chi connectivity index (χ0v) is 14.3. The van der Waals surface area contributed by atoms with Crippen LogP contribution in [-0.2, 0) is 14.3 Å². The molecule has 2 fully saturated rings. The Kier molecular flexibility index (Phi) is 6.41. The van der Waals surface area contributed by atoms with Gasteiger partial charge in [-0.1, -0.05) is 19.8 Å². The summed E-state index contributed by atoms with van der Waals surface area (Å²) in [6, 6.07) is 0.386. The van der Waals surface area contributed by atoms with Crippen LogP contribution in [0.3, 0.4) is 0 Å². The highest BCUT2D eigenvalue weighted by Crippen LogP contribution is 2.56. The molecule has 23 heavy (non-hydrogen) atoms. The minimum atomic E-state index is -1.01. The molecule has 1 spiro atoms. The predicted octanol–water partition coefficient (Wildman–Crippen LogP) is 1.64. The summed E-state index contributed by atoms with van der Waals surface area (Å²) in [5, 5.41) is 11.2. The van der Waals surface area contributed by atoms with Crippen LogP contribution in [0, 0.1) is 5.41 Å². The van der Waals surface area contributed by atoms with E-state index in [1.165, 1.54) is 25.7 Å². The van der Waals surface area contributed by atoms with Crippen LogP contribution in [0.1, 0.15) is 52.4 Å². The van der Waals surface area contributed by atoms with E-state index in [2.05, 4.69) is 17.1 Å². The van der Waals surface area contributed by atoms with Gasteiger partial charge in [0, 0.05) is 18.1 Å². The molecule has 2 N–H and O–H groups in total. The number of carboxylic acid groups (broad SMARTS) is 1. The van der Waals surface area contributed by atoms with E-state index in [1.807, 2.05) is 6.92 Å². The Morgan fingerprint density at radius 1 is 1.30 bits per heavy atom. The fraction of sp³-hybridized carbons (Fsp3) is 0.882. The SMILES string of the molecule is CCCN(CC(=O)NCC(=O)O)C1CC(OCC)C12CCCC2. The Balaban J connectivity index is 1.99. The number of carboxylic acids is 1. The molecule has 2 saturated carbocycles. The van der Waals surface area contributed by atoms with E-state index in [9.17, 15) is 9.59 Å². The Bertz CT molecular complexity index is 421. The van der Waals surface area contributed by atoms with Crippen molar-refractivity contribution in [1.29, 1.82) is 0 Å². The zero-order chi connectivity index (χ0) is 16.9. The predicted molar refractivity (Wildman–Crippen MR) is 87.2 cm³/mol. The van der Waals surface area contributed by atoms with Gasteiger partial charge < -0.3 is 15.2 Å². The van der Waals surface area contributed by atoms with Crippen molar-refractivity contribution < 1.29 is 19.4 Å². The number of aliphatic carboxylic acids is 1. The standard InChI is InChI=1S/C17H30N2O4/c1-3-9-19(12-15(20)18-11-16(21)22)13-10-14(23-4-2)17(13)7-5-6-8-17/h13-14H,3-12H2,1-2H3,(H,18,20)(H,21,22). The molecule has 2 rings (SSSR count). The number of hydrogen-bond acceptors (Lipinski definition) is 4. The molecule has 0 aromatic rings. The van der Waals surface area contributed by atoms with Gasteiger partial charge in [-0.15, -0.1) is 0 Å². The number of ether oxygens (including phenoxy) is 1. The zero-order valence-electron chi connectivity index (χ0n) is 14.3. The van der Waals surface area contributed by atoms with Crippen molar-refractivity contribution in [2.24, 2.45) is 5.41 Å². The summed E-state index contributed by atoms with van der Waals surface area (Å²) in [4.78, 5) is 24.9. The van der Waals surface area contributed by atoms with Gasteiger partial charge in [0.05, 0.1) is 12.6 Å². The lowest BCUT2D eigenvalue weighted by Crippen LogP contribution is -2.65. The first kappa shape index (κ1) is 18.2. The highest BCUT2D eigenvalue weighted by molar-refractivity contribution is 5.82. The van der Waals surface area contributed by atoms with Gasteiger partial charge in [-0.2, -0.15) is 0 Å². The van der Waals surface area contributed by atoms with Crippen molar-refractivity contribution in [2.45, 2.75) is 64.5 Å². The van der Waals surface area contributed by atoms with Gasteiger partial charge in [-0.05, 0) is 39.2 Å². The number of hydrogen-bond donors (Lipinski definition) is 2. The van der Waals surface area contributed by atoms with Crippen LogP contribution in [0.4, 0.5) is 0 Å². The molecule has 2 unspecified atom stereocenters. The van der Waals surface area contributed by atoms with Crippen molar-refractivity contribution in [2.75, 3.05) is 26.2 Å². The Morgan fingerprint density at radius 2 is 2.00 bits per heavy atom. The second kappa shape index (κ2) is 8.11. The van der Waals surface area contributed by atoms with Crippen molar-refractivity contribution in [1.82, 2.24) is 10.2 Å². The van der Waals surface area contributed by atoms with Gasteiger partial charge in [-0.25, -0.2) is 0 Å². The molecule has 2 aliphatic carbocycles. The van der Waals surface area contributed by atoms with Gasteiger partial charge in [0.1, 0.15) is 6.54 Å². The lowest BCUT2D eigenvalue weighted by atomic mass is 9.60. The monoisotopic (exact) mass is 326 g/mol. The number of amides is 1. The van der Waals surface area contributed by atoms with E-state index in [-0.39, 0.29) is 24.4 Å². The first-order valence-corrected chi connectivity index (χ1v) is 8.87. The van der Waals surface area contributed by atoms with Gasteiger partial charge in [-0.3, -0.25) is 14.5 Å². The molecule has 0 aromatic carbocycles. The van der Waals surface area contributed by atoms with E-state index in [0.717, 1.165) is 26.0 Å². The van der Waals surface area contributed by atoms with Crippen molar-refractivity contribution in [3.63, 3.8) is 0 Å². The minimum absolute atomic E-state index is 0.200. The maximum absolute atomic E-state index is 12.0. The van der Waals surface area contributed by atoms with Crippen LogP contribution in [-0.4, -0.2) is 60.3 Å². The molecule has 1 amide bonds. The van der Waals surface area contributed by atoms with Crippen molar-refractivity contribution >= 4 is 11.9 Å². The van der Waals surface area contributed by atoms with Crippen LogP contribution in [0.2, 0.25) is 0 Å². The normalized spacial score (nSPS) is 25.5. The van der Waals surface area contributed by atoms with E-state index in [1.54, 1.807) is 0 Å². The molecular weight excluding hydrogens is 296 g/mol. The van der Waals surface area contributed by atoms with Crippen LogP contribution in [0.5, 0.6) is 0 Å². The lowest BCUT2D eigenvalue weighted by Gasteiger charge is -2.57. The first-order valence-electron chi connectivity index (χ1n) is 8.87. The molecule has 0 heterocycles. The maximum Gasteiger partial charge on any atom is 0.322 e. The van der Waals surface area contributed by atoms with E-state index in [4.69, 9.17) is 9.84 Å². The Labute approximate surface area is 138 Å². The summed E-state index contributed by atoms with van der Waals surface area (Å²) in [7, 11) is 0. The lowest BCUT2D eigenvalue weighted by molar-refractivity contribution is -0.167. The maximum atomic E-state index is 12.0. The summed E-state index contributed by atoms with van der Waals surface area (Å²) in [5.74, 6) is -1.21. The van der Waals surface area contributed by atoms with E-state index in [0.29, 0.717) is 12.1 Å². The Hall–Kier alpha value is -1.14. The molecule has 0 bridgehead atoms. The smallest absolute Gasteiger partial charge is 0.322 e. The molecule has 6 heteroatoms. The quantitative estimate of drug-likeness (QED) is 0.673. The van der Waals surface area contributed by atoms with Gasteiger partial charge in [0.15, 0.2) is 0 Å². The van der Waals surface area contributed by atoms with Crippen LogP contribution >= 0.6 is 0 Å². The van der Waals surface area contributed by atoms with Gasteiger partial charge in [0.2, 0.25) is 5.91 Å². The summed E-state index contributed by atoms with van der Waals surface area (Å²) >= 11 is 0. The molecule has 132 valence electrons. The number of nitrogens with one attached hydrogen (secondary N) is 1. The van der Waals surface area contributed by atoms with Crippen molar-refractivity contribution in [3.8, 4) is 0 Å². The number of carbonyl (C=O) groups excluding carboxylic acids is 1. The fourth-order valence-corrected chi connectivity index (χ4v) is 4.41. The Morgan fingerprint density at radius 3 is 2.57 bits per heavy atom. The molecule has 6 nitrogen and oxygen atoms in total. The topological polar surface area (TPSA) is 78.9 Å². The highest BCUT2D eigenvalue weighted by atomic mass is 16.5. The minimum Gasteiger partial charge on any atom is -0.480 e. The van der Waals surface area contributed by atoms with E-state index >= 15 is 0 Å². The van der Waals surface area contributed by atoms with E-state index < -0.39 is 5.97 Å². The largest absolute Gasteiger partial charge is 0.480 e. The summed E-state index contributed by atoms with van der Waals surface area (Å²) in [6.45, 7) is 5.74. The van der Waals surface area contributed by atoms with Crippen LogP contribution < -0.4 is 5.32 Å². The molecule has 0 aliphatic heterocycles. The molecular formula is C17H30N2O4. The van der Waals surface area contributed by atoms with Crippen molar-refractivity contribution in [3.05, 3.63) is 0 Å². The summed E-state index contributed by atoms with van der Waals surface area (Å²) in [6.07, 6.45) is 7.13. The van der Waals surface area contributed by atoms with Crippen LogP contribution in [0.25, 0.3) is 0 Å². The average molecular weight is 326 g/mol. The molecule has 2 aliphatic rings. The summed E-state index contributed by atoms with van der Waals surface area (Å²) < 4.78 is 5.95. The third-order valence-corrected chi connectivity index (χ3v) is 5.38. The second-order valence-electron chi connectivity index (χ2n) is 6.78. The molecule has 2 atom stereocenters. The van der Waals surface area contributed by atoms with Gasteiger partial charge >= 0.3 is 5.97 Å². The third-order valence-electron chi connectivity index (χ3n) is 5.38. The molecule has 0 radical (unpaired) electrons. The number of rotatable bonds is 9. The molecule has 0 aromatic heterocycles.